The first-order valence-electron chi connectivity index (χ1n) is 22.6. The van der Waals surface area contributed by atoms with E-state index in [1.807, 2.05) is 39.0 Å². The molecule has 6 amide bonds. The van der Waals surface area contributed by atoms with Gasteiger partial charge in [0.2, 0.25) is 0 Å². The maximum Gasteiger partial charge on any atom is 0.335 e. The largest absolute Gasteiger partial charge is 0.460 e. The monoisotopic (exact) mass is 930 g/mol. The van der Waals surface area contributed by atoms with Crippen LogP contribution in [0.2, 0.25) is 0 Å². The van der Waals surface area contributed by atoms with Gasteiger partial charge >= 0.3 is 30.0 Å². The Hall–Kier alpha value is -5.47. The summed E-state index contributed by atoms with van der Waals surface area (Å²) in [5.74, 6) is -2.71. The summed E-state index contributed by atoms with van der Waals surface area (Å²) in [6.45, 7) is 18.6. The molecule has 1 aromatic rings. The van der Waals surface area contributed by atoms with Gasteiger partial charge < -0.3 is 49.8 Å². The fourth-order valence-corrected chi connectivity index (χ4v) is 6.35. The Labute approximate surface area is 387 Å². The molecule has 66 heavy (non-hydrogen) atoms. The van der Waals surface area contributed by atoms with E-state index in [0.717, 1.165) is 5.56 Å². The number of amides is 6. The van der Waals surface area contributed by atoms with Crippen molar-refractivity contribution < 1.29 is 62.1 Å². The second-order valence-corrected chi connectivity index (χ2v) is 19.0. The number of nitrogens with one attached hydrogen (secondary N) is 4. The minimum atomic E-state index is -0.940. The molecule has 0 aliphatic carbocycles. The summed E-state index contributed by atoms with van der Waals surface area (Å²) in [5, 5.41) is 20.5. The average molecular weight is 930 g/mol. The number of benzene rings is 1. The van der Waals surface area contributed by atoms with Crippen LogP contribution in [0.1, 0.15) is 126 Å². The molecule has 368 valence electrons. The molecule has 1 aromatic carbocycles. The average Bonchev–Trinajstić information content (AvgIpc) is 3.81. The third-order valence-electron chi connectivity index (χ3n) is 9.64. The summed E-state index contributed by atoms with van der Waals surface area (Å²) in [5.41, 5.74) is 0.246. The van der Waals surface area contributed by atoms with Crippen molar-refractivity contribution in [3.05, 3.63) is 35.9 Å². The zero-order chi connectivity index (χ0) is 48.9. The molecule has 0 spiro atoms. The highest BCUT2D eigenvalue weighted by molar-refractivity contribution is 6.01. The Kier molecular flexibility index (Phi) is 22.1. The number of urea groups is 2. The molecular weight excluding hydrogens is 859 g/mol. The molecule has 20 heteroatoms. The van der Waals surface area contributed by atoms with Gasteiger partial charge in [0, 0.05) is 49.7 Å². The molecule has 0 aromatic heterocycles. The number of azo groups is 1. The number of anilines is 1. The first kappa shape index (κ1) is 54.9. The molecule has 0 radical (unpaired) electrons. The van der Waals surface area contributed by atoms with Crippen LogP contribution >= 0.6 is 0 Å². The number of unbranched alkanes of at least 4 members (excludes halogenated alkanes) is 1. The summed E-state index contributed by atoms with van der Waals surface area (Å²) < 4.78 is 27.5. The van der Waals surface area contributed by atoms with Gasteiger partial charge in [0.25, 0.3) is 11.8 Å². The maximum absolute atomic E-state index is 13.2. The van der Waals surface area contributed by atoms with Crippen LogP contribution in [0.25, 0.3) is 5.70 Å². The lowest BCUT2D eigenvalue weighted by molar-refractivity contribution is -0.198. The zero-order valence-electron chi connectivity index (χ0n) is 40.1. The molecule has 0 bridgehead atoms. The van der Waals surface area contributed by atoms with E-state index >= 15 is 0 Å². The molecule has 4 N–H and O–H groups in total. The van der Waals surface area contributed by atoms with Gasteiger partial charge in [0.05, 0.1) is 51.2 Å². The number of nitrogens with zero attached hydrogens (tertiary/aromatic N) is 3. The van der Waals surface area contributed by atoms with Gasteiger partial charge in [0.15, 0.2) is 0 Å². The first-order chi connectivity index (χ1) is 31.0. The van der Waals surface area contributed by atoms with Crippen LogP contribution in [0.3, 0.4) is 0 Å². The molecule has 2 aliphatic heterocycles. The number of hydrogen-bond donors (Lipinski definition) is 4. The van der Waals surface area contributed by atoms with Gasteiger partial charge in [-0.05, 0) is 97.3 Å². The molecule has 3 rings (SSSR count). The maximum atomic E-state index is 13.2. The molecular formula is C46H71N7O13. The minimum absolute atomic E-state index is 0.0367. The highest BCUT2D eigenvalue weighted by Gasteiger charge is 2.33. The van der Waals surface area contributed by atoms with Crippen LogP contribution in [0.5, 0.6) is 0 Å². The fourth-order valence-electron chi connectivity index (χ4n) is 6.35. The van der Waals surface area contributed by atoms with Crippen LogP contribution in [-0.2, 0) is 52.5 Å². The Bertz CT molecular complexity index is 1850. The molecule has 0 saturated carbocycles. The van der Waals surface area contributed by atoms with Gasteiger partial charge in [0.1, 0.15) is 17.2 Å². The Morgan fingerprint density at radius 3 is 2.02 bits per heavy atom. The third-order valence-corrected chi connectivity index (χ3v) is 9.64. The number of ether oxygens (including phenoxy) is 5. The van der Waals surface area contributed by atoms with Crippen LogP contribution in [0.4, 0.5) is 15.3 Å². The van der Waals surface area contributed by atoms with Crippen LogP contribution in [0, 0.1) is 5.41 Å². The first-order valence-corrected chi connectivity index (χ1v) is 22.6. The van der Waals surface area contributed by atoms with Gasteiger partial charge in [-0.2, -0.15) is 10.2 Å². The number of imide groups is 1. The van der Waals surface area contributed by atoms with Crippen molar-refractivity contribution in [3.8, 4) is 0 Å². The van der Waals surface area contributed by atoms with E-state index in [-0.39, 0.29) is 68.8 Å². The second-order valence-electron chi connectivity index (χ2n) is 19.0. The summed E-state index contributed by atoms with van der Waals surface area (Å²) in [7, 11) is 0. The van der Waals surface area contributed by atoms with E-state index in [4.69, 9.17) is 28.5 Å². The van der Waals surface area contributed by atoms with Gasteiger partial charge in [-0.1, -0.05) is 32.9 Å². The number of carbonyl (C=O) groups excluding carboxylic acids is 7. The standard InChI is InChI=1S/C46H71N7O13/c1-44(2,3)36(16-19-39(56)64-45(4,5)6)50-43(60)49-34(41(58)65-46(7,8)9)15-10-11-22-47-42(59)48-32-14-12-13-31(29-32)35-30-33(51-52-35)20-23-61-25-27-63-28-26-62-24-21-40(57)66-53-37(54)17-18-38(53)55/h12-14,29-30,33-34,36H,10-11,15-28H2,1-9H3,(H2,47,48,59)(H2,49,50,60)/t33?,34-,36-/m0/s1. The smallest absolute Gasteiger partial charge is 0.335 e. The highest BCUT2D eigenvalue weighted by atomic mass is 16.7. The molecule has 2 heterocycles. The molecule has 1 saturated heterocycles. The Morgan fingerprint density at radius 2 is 1.38 bits per heavy atom. The van der Waals surface area contributed by atoms with Crippen molar-refractivity contribution in [1.82, 2.24) is 21.0 Å². The van der Waals surface area contributed by atoms with Crippen LogP contribution in [0.15, 0.2) is 40.6 Å². The van der Waals surface area contributed by atoms with Crippen LogP contribution in [-0.4, -0.2) is 122 Å². The second kappa shape index (κ2) is 26.6. The summed E-state index contributed by atoms with van der Waals surface area (Å²) >= 11 is 0. The van der Waals surface area contributed by atoms with Crippen molar-refractivity contribution in [1.29, 1.82) is 0 Å². The van der Waals surface area contributed by atoms with E-state index in [0.29, 0.717) is 75.1 Å². The molecule has 3 atom stereocenters. The molecule has 2 aliphatic rings. The third kappa shape index (κ3) is 22.1. The fraction of sp³-hybridized carbons (Fsp3) is 0.674. The normalized spacial score (nSPS) is 16.0. The topological polar surface area (TPSA) is 251 Å². The predicted molar refractivity (Wildman–Crippen MR) is 242 cm³/mol. The summed E-state index contributed by atoms with van der Waals surface area (Å²) in [6, 6.07) is 4.80. The molecule has 1 fully saturated rings. The van der Waals surface area contributed by atoms with Crippen LogP contribution < -0.4 is 21.3 Å². The lowest BCUT2D eigenvalue weighted by Gasteiger charge is -2.32. The number of hydrogen-bond acceptors (Lipinski definition) is 15. The highest BCUT2D eigenvalue weighted by Crippen LogP contribution is 2.27. The summed E-state index contributed by atoms with van der Waals surface area (Å²) in [6.07, 6.45) is 4.28. The van der Waals surface area contributed by atoms with Crippen molar-refractivity contribution in [3.63, 3.8) is 0 Å². The lowest BCUT2D eigenvalue weighted by atomic mass is 9.84. The Balaban J connectivity index is 1.33. The van der Waals surface area contributed by atoms with Crippen molar-refractivity contribution in [2.45, 2.75) is 149 Å². The number of hydroxylamine groups is 2. The van der Waals surface area contributed by atoms with E-state index in [9.17, 15) is 33.6 Å². The van der Waals surface area contributed by atoms with Gasteiger partial charge in [-0.25, -0.2) is 19.2 Å². The quantitative estimate of drug-likeness (QED) is 0.0464. The van der Waals surface area contributed by atoms with Crippen molar-refractivity contribution >= 4 is 53.2 Å². The molecule has 1 unspecified atom stereocenters. The minimum Gasteiger partial charge on any atom is -0.460 e. The number of carbonyl (C=O) groups is 7. The Morgan fingerprint density at radius 1 is 0.742 bits per heavy atom. The van der Waals surface area contributed by atoms with E-state index < -0.39 is 53.1 Å². The van der Waals surface area contributed by atoms with Gasteiger partial charge in [-0.15, -0.1) is 5.06 Å². The molecule has 20 nitrogen and oxygen atoms in total. The van der Waals surface area contributed by atoms with Gasteiger partial charge in [-0.3, -0.25) is 14.4 Å². The number of esters is 2. The number of rotatable bonds is 26. The van der Waals surface area contributed by atoms with E-state index in [1.165, 1.54) is 0 Å². The zero-order valence-corrected chi connectivity index (χ0v) is 40.1. The van der Waals surface area contributed by atoms with E-state index in [2.05, 4.69) is 31.5 Å². The van der Waals surface area contributed by atoms with E-state index in [1.54, 1.807) is 53.7 Å². The predicted octanol–water partition coefficient (Wildman–Crippen LogP) is 6.14. The van der Waals surface area contributed by atoms with Crippen molar-refractivity contribution in [2.24, 2.45) is 15.6 Å². The lowest BCUT2D eigenvalue weighted by Crippen LogP contribution is -2.53. The summed E-state index contributed by atoms with van der Waals surface area (Å²) in [4.78, 5) is 91.2. The SMILES string of the molecule is CC(C)(C)OC(=O)CC[C@H](NC(=O)N[C@@H](CCCCNC(=O)Nc1cccc(C2=CC(CCOCCOCCOCCC(=O)ON3C(=O)CCC3=O)N=N2)c1)C(=O)OC(C)(C)C)C(C)(C)C. The van der Waals surface area contributed by atoms with Crippen molar-refractivity contribution in [2.75, 3.05) is 51.5 Å².